The maximum absolute atomic E-state index is 11.2. The van der Waals surface area contributed by atoms with E-state index in [1.165, 1.54) is 0 Å². The predicted molar refractivity (Wildman–Crippen MR) is 64.9 cm³/mol. The van der Waals surface area contributed by atoms with E-state index in [1.807, 2.05) is 6.08 Å². The summed E-state index contributed by atoms with van der Waals surface area (Å²) in [6.45, 7) is 5.90. The summed E-state index contributed by atoms with van der Waals surface area (Å²) in [5, 5.41) is 11.0. The van der Waals surface area contributed by atoms with Crippen molar-refractivity contribution in [1.82, 2.24) is 5.32 Å². The van der Waals surface area contributed by atoms with E-state index >= 15 is 0 Å². The fraction of sp³-hybridized carbons (Fsp3) is 0.667. The number of carboxylic acids is 1. The fourth-order valence-electron chi connectivity index (χ4n) is 1.01. The molecule has 0 heterocycles. The van der Waals surface area contributed by atoms with Crippen molar-refractivity contribution < 1.29 is 19.4 Å². The fourth-order valence-corrected chi connectivity index (χ4v) is 1.01. The molecule has 0 aliphatic rings. The van der Waals surface area contributed by atoms with Crippen LogP contribution in [0.15, 0.2) is 12.2 Å². The summed E-state index contributed by atoms with van der Waals surface area (Å²) in [4.78, 5) is 21.4. The third-order valence-corrected chi connectivity index (χ3v) is 1.67. The van der Waals surface area contributed by atoms with Crippen LogP contribution >= 0.6 is 0 Å². The Morgan fingerprint density at radius 3 is 2.35 bits per heavy atom. The van der Waals surface area contributed by atoms with Crippen LogP contribution in [0.1, 0.15) is 40.0 Å². The van der Waals surface area contributed by atoms with E-state index < -0.39 is 17.7 Å². The van der Waals surface area contributed by atoms with Gasteiger partial charge in [-0.3, -0.25) is 4.79 Å². The summed E-state index contributed by atoms with van der Waals surface area (Å²) in [5.41, 5.74) is -0.485. The molecule has 0 aliphatic heterocycles. The van der Waals surface area contributed by atoms with Gasteiger partial charge in [-0.2, -0.15) is 0 Å². The van der Waals surface area contributed by atoms with Crippen LogP contribution in [-0.4, -0.2) is 29.3 Å². The van der Waals surface area contributed by atoms with Crippen molar-refractivity contribution >= 4 is 12.1 Å². The molecule has 5 nitrogen and oxygen atoms in total. The number of carbonyl (C=O) groups is 2. The number of aliphatic carboxylic acids is 1. The van der Waals surface area contributed by atoms with Crippen molar-refractivity contribution in [2.45, 2.75) is 45.6 Å². The summed E-state index contributed by atoms with van der Waals surface area (Å²) in [5.74, 6) is -0.804. The van der Waals surface area contributed by atoms with Gasteiger partial charge in [-0.1, -0.05) is 12.2 Å². The van der Waals surface area contributed by atoms with Crippen LogP contribution < -0.4 is 5.32 Å². The first-order valence-electron chi connectivity index (χ1n) is 5.65. The first-order chi connectivity index (χ1) is 7.81. The molecule has 0 aromatic rings. The molecule has 2 N–H and O–H groups in total. The molecule has 0 bridgehead atoms. The lowest BCUT2D eigenvalue weighted by atomic mass is 10.2. The largest absolute Gasteiger partial charge is 0.481 e. The zero-order chi connectivity index (χ0) is 13.3. The molecule has 0 aromatic heterocycles. The first kappa shape index (κ1) is 15.5. The molecule has 0 aromatic carbocycles. The monoisotopic (exact) mass is 243 g/mol. The topological polar surface area (TPSA) is 75.6 Å². The van der Waals surface area contributed by atoms with E-state index in [9.17, 15) is 9.59 Å². The molecule has 0 radical (unpaired) electrons. The van der Waals surface area contributed by atoms with Crippen molar-refractivity contribution in [3.63, 3.8) is 0 Å². The number of ether oxygens (including phenoxy) is 1. The van der Waals surface area contributed by atoms with Gasteiger partial charge in [0.2, 0.25) is 0 Å². The van der Waals surface area contributed by atoms with Gasteiger partial charge >= 0.3 is 12.1 Å². The third kappa shape index (κ3) is 12.4. The Labute approximate surface area is 102 Å². The normalized spacial score (nSPS) is 11.5. The van der Waals surface area contributed by atoms with Crippen LogP contribution in [-0.2, 0) is 9.53 Å². The molecule has 0 fully saturated rings. The number of alkyl carbamates (subject to hydrolysis) is 1. The minimum atomic E-state index is -0.804. The molecular formula is C12H21NO4. The van der Waals surface area contributed by atoms with Crippen molar-refractivity contribution in [2.24, 2.45) is 0 Å². The second kappa shape index (κ2) is 7.70. The van der Waals surface area contributed by atoms with Gasteiger partial charge in [-0.15, -0.1) is 0 Å². The number of nitrogens with one attached hydrogen (secondary N) is 1. The van der Waals surface area contributed by atoms with Crippen LogP contribution in [0, 0.1) is 0 Å². The molecule has 17 heavy (non-hydrogen) atoms. The highest BCUT2D eigenvalue weighted by atomic mass is 16.6. The molecule has 0 rings (SSSR count). The minimum absolute atomic E-state index is 0.135. The third-order valence-electron chi connectivity index (χ3n) is 1.67. The number of rotatable bonds is 6. The van der Waals surface area contributed by atoms with Gasteiger partial charge in [0.25, 0.3) is 0 Å². The van der Waals surface area contributed by atoms with Gasteiger partial charge in [0.05, 0.1) is 0 Å². The van der Waals surface area contributed by atoms with Gasteiger partial charge in [-0.25, -0.2) is 4.79 Å². The van der Waals surface area contributed by atoms with E-state index in [4.69, 9.17) is 9.84 Å². The molecule has 0 aliphatic carbocycles. The molecule has 0 saturated carbocycles. The Morgan fingerprint density at radius 1 is 1.24 bits per heavy atom. The first-order valence-corrected chi connectivity index (χ1v) is 5.65. The predicted octanol–water partition coefficient (Wildman–Crippen LogP) is 2.32. The van der Waals surface area contributed by atoms with Crippen molar-refractivity contribution in [3.05, 3.63) is 12.2 Å². The van der Waals surface area contributed by atoms with E-state index in [0.717, 1.165) is 0 Å². The smallest absolute Gasteiger partial charge is 0.407 e. The lowest BCUT2D eigenvalue weighted by molar-refractivity contribution is -0.136. The van der Waals surface area contributed by atoms with Crippen LogP contribution in [0.5, 0.6) is 0 Å². The Morgan fingerprint density at radius 2 is 1.82 bits per heavy atom. The number of allylic oxidation sites excluding steroid dienone is 1. The Bertz CT molecular complexity index is 279. The quantitative estimate of drug-likeness (QED) is 0.554. The Hall–Kier alpha value is -1.52. The second-order valence-electron chi connectivity index (χ2n) is 4.62. The van der Waals surface area contributed by atoms with E-state index in [0.29, 0.717) is 19.4 Å². The highest BCUT2D eigenvalue weighted by Gasteiger charge is 2.14. The number of carboxylic acid groups (broad SMARTS) is 1. The molecule has 0 unspecified atom stereocenters. The molecule has 0 spiro atoms. The van der Waals surface area contributed by atoms with Gasteiger partial charge in [0.15, 0.2) is 0 Å². The molecule has 0 atom stereocenters. The maximum atomic E-state index is 11.2. The SMILES string of the molecule is CC(C)(C)OC(=O)NCC/C=C/CCC(=O)O. The zero-order valence-corrected chi connectivity index (χ0v) is 10.7. The highest BCUT2D eigenvalue weighted by molar-refractivity contribution is 5.67. The summed E-state index contributed by atoms with van der Waals surface area (Å²) in [6, 6.07) is 0. The molecule has 98 valence electrons. The second-order valence-corrected chi connectivity index (χ2v) is 4.62. The zero-order valence-electron chi connectivity index (χ0n) is 10.7. The Balaban J connectivity index is 3.51. The highest BCUT2D eigenvalue weighted by Crippen LogP contribution is 2.06. The van der Waals surface area contributed by atoms with Gasteiger partial charge in [-0.05, 0) is 33.6 Å². The average Bonchev–Trinajstić information content (AvgIpc) is 2.12. The van der Waals surface area contributed by atoms with Gasteiger partial charge in [0.1, 0.15) is 5.60 Å². The Kier molecular flexibility index (Phi) is 7.02. The van der Waals surface area contributed by atoms with Crippen LogP contribution in [0.4, 0.5) is 4.79 Å². The molecule has 5 heteroatoms. The standard InChI is InChI=1S/C12H21NO4/c1-12(2,3)17-11(16)13-9-7-5-4-6-8-10(14)15/h4-5H,6-9H2,1-3H3,(H,13,16)(H,14,15)/b5-4+. The summed E-state index contributed by atoms with van der Waals surface area (Å²) >= 11 is 0. The summed E-state index contributed by atoms with van der Waals surface area (Å²) < 4.78 is 5.05. The van der Waals surface area contributed by atoms with Crippen LogP contribution in [0.3, 0.4) is 0 Å². The van der Waals surface area contributed by atoms with Crippen LogP contribution in [0.25, 0.3) is 0 Å². The summed E-state index contributed by atoms with van der Waals surface area (Å²) in [6.07, 6.45) is 4.53. The number of amides is 1. The average molecular weight is 243 g/mol. The lowest BCUT2D eigenvalue weighted by Crippen LogP contribution is -2.32. The lowest BCUT2D eigenvalue weighted by Gasteiger charge is -2.19. The minimum Gasteiger partial charge on any atom is -0.481 e. The molecule has 1 amide bonds. The van der Waals surface area contributed by atoms with Gasteiger partial charge < -0.3 is 15.2 Å². The summed E-state index contributed by atoms with van der Waals surface area (Å²) in [7, 11) is 0. The van der Waals surface area contributed by atoms with Crippen molar-refractivity contribution in [1.29, 1.82) is 0 Å². The molecular weight excluding hydrogens is 222 g/mol. The van der Waals surface area contributed by atoms with Crippen LogP contribution in [0.2, 0.25) is 0 Å². The number of carbonyl (C=O) groups excluding carboxylic acids is 1. The van der Waals surface area contributed by atoms with E-state index in [1.54, 1.807) is 26.8 Å². The van der Waals surface area contributed by atoms with Crippen molar-refractivity contribution in [2.75, 3.05) is 6.54 Å². The van der Waals surface area contributed by atoms with Gasteiger partial charge in [0, 0.05) is 13.0 Å². The van der Waals surface area contributed by atoms with E-state index in [-0.39, 0.29) is 6.42 Å². The number of hydrogen-bond donors (Lipinski definition) is 2. The maximum Gasteiger partial charge on any atom is 0.407 e. The molecule has 0 saturated heterocycles. The number of hydrogen-bond acceptors (Lipinski definition) is 3. The van der Waals surface area contributed by atoms with Crippen molar-refractivity contribution in [3.8, 4) is 0 Å². The van der Waals surface area contributed by atoms with E-state index in [2.05, 4.69) is 5.32 Å².